The van der Waals surface area contributed by atoms with Crippen LogP contribution in [0.1, 0.15) is 11.5 Å². The SMILES string of the molecule is Cc1nc(N2CC(Cn3ccnc3)C2)cc(C(F)(F)F)n1. The number of rotatable bonds is 3. The highest BCUT2D eigenvalue weighted by Gasteiger charge is 2.35. The number of hydrogen-bond donors (Lipinski definition) is 0. The van der Waals surface area contributed by atoms with E-state index in [4.69, 9.17) is 0 Å². The predicted octanol–water partition coefficient (Wildman–Crippen LogP) is 2.14. The lowest BCUT2D eigenvalue weighted by molar-refractivity contribution is -0.141. The van der Waals surface area contributed by atoms with Crippen LogP contribution >= 0.6 is 0 Å². The van der Waals surface area contributed by atoms with Crippen LogP contribution in [0.25, 0.3) is 0 Å². The van der Waals surface area contributed by atoms with E-state index in [-0.39, 0.29) is 5.82 Å². The maximum atomic E-state index is 12.7. The van der Waals surface area contributed by atoms with E-state index in [0.717, 1.165) is 12.6 Å². The molecule has 21 heavy (non-hydrogen) atoms. The minimum atomic E-state index is -4.44. The Bertz CT molecular complexity index is 617. The van der Waals surface area contributed by atoms with Crippen molar-refractivity contribution in [2.75, 3.05) is 18.0 Å². The fraction of sp³-hybridized carbons (Fsp3) is 0.462. The summed E-state index contributed by atoms with van der Waals surface area (Å²) in [6, 6.07) is 1.01. The average molecular weight is 297 g/mol. The van der Waals surface area contributed by atoms with Gasteiger partial charge in [0.05, 0.1) is 6.33 Å². The van der Waals surface area contributed by atoms with Gasteiger partial charge in [-0.15, -0.1) is 0 Å². The van der Waals surface area contributed by atoms with Crippen LogP contribution in [0.3, 0.4) is 0 Å². The summed E-state index contributed by atoms with van der Waals surface area (Å²) >= 11 is 0. The Balaban J connectivity index is 1.68. The summed E-state index contributed by atoms with van der Waals surface area (Å²) in [6.07, 6.45) is 0.877. The largest absolute Gasteiger partial charge is 0.433 e. The molecule has 0 unspecified atom stereocenters. The van der Waals surface area contributed by atoms with Gasteiger partial charge < -0.3 is 9.47 Å². The molecule has 1 aliphatic rings. The van der Waals surface area contributed by atoms with Crippen molar-refractivity contribution in [2.45, 2.75) is 19.6 Å². The molecule has 0 amide bonds. The summed E-state index contributed by atoms with van der Waals surface area (Å²) in [5.41, 5.74) is -0.886. The zero-order valence-electron chi connectivity index (χ0n) is 11.4. The predicted molar refractivity (Wildman–Crippen MR) is 69.7 cm³/mol. The van der Waals surface area contributed by atoms with Gasteiger partial charge in [-0.1, -0.05) is 0 Å². The van der Waals surface area contributed by atoms with Crippen molar-refractivity contribution >= 4 is 5.82 Å². The highest BCUT2D eigenvalue weighted by atomic mass is 19.4. The number of anilines is 1. The van der Waals surface area contributed by atoms with Crippen LogP contribution in [0.5, 0.6) is 0 Å². The first-order chi connectivity index (χ1) is 9.91. The van der Waals surface area contributed by atoms with E-state index in [1.54, 1.807) is 12.5 Å². The summed E-state index contributed by atoms with van der Waals surface area (Å²) in [4.78, 5) is 13.4. The highest BCUT2D eigenvalue weighted by molar-refractivity contribution is 5.43. The lowest BCUT2D eigenvalue weighted by Gasteiger charge is -2.40. The molecule has 0 atom stereocenters. The molecule has 5 nitrogen and oxygen atoms in total. The number of aryl methyl sites for hydroxylation is 1. The first kappa shape index (κ1) is 13.8. The van der Waals surface area contributed by atoms with Crippen LogP contribution < -0.4 is 4.90 Å². The number of alkyl halides is 3. The minimum Gasteiger partial charge on any atom is -0.356 e. The molecule has 8 heteroatoms. The number of imidazole rings is 1. The van der Waals surface area contributed by atoms with E-state index >= 15 is 0 Å². The third-order valence-electron chi connectivity index (χ3n) is 3.42. The van der Waals surface area contributed by atoms with Crippen molar-refractivity contribution in [3.63, 3.8) is 0 Å². The zero-order valence-corrected chi connectivity index (χ0v) is 11.4. The molecular formula is C13H14F3N5. The third-order valence-corrected chi connectivity index (χ3v) is 3.42. The maximum absolute atomic E-state index is 12.7. The molecule has 0 radical (unpaired) electrons. The molecule has 0 spiro atoms. The van der Waals surface area contributed by atoms with Crippen molar-refractivity contribution in [1.82, 2.24) is 19.5 Å². The van der Waals surface area contributed by atoms with Crippen molar-refractivity contribution in [1.29, 1.82) is 0 Å². The lowest BCUT2D eigenvalue weighted by Crippen LogP contribution is -2.49. The van der Waals surface area contributed by atoms with E-state index in [0.29, 0.717) is 24.8 Å². The van der Waals surface area contributed by atoms with Gasteiger partial charge in [0.2, 0.25) is 0 Å². The van der Waals surface area contributed by atoms with Crippen LogP contribution in [-0.2, 0) is 12.7 Å². The first-order valence-electron chi connectivity index (χ1n) is 6.55. The quantitative estimate of drug-likeness (QED) is 0.871. The molecule has 2 aromatic rings. The van der Waals surface area contributed by atoms with Crippen LogP contribution in [0.15, 0.2) is 24.8 Å². The van der Waals surface area contributed by atoms with E-state index in [2.05, 4.69) is 15.0 Å². The summed E-state index contributed by atoms with van der Waals surface area (Å²) in [7, 11) is 0. The van der Waals surface area contributed by atoms with Crippen LogP contribution in [-0.4, -0.2) is 32.6 Å². The fourth-order valence-electron chi connectivity index (χ4n) is 2.42. The molecular weight excluding hydrogens is 283 g/mol. The number of aromatic nitrogens is 4. The molecule has 1 fully saturated rings. The van der Waals surface area contributed by atoms with Gasteiger partial charge in [-0.3, -0.25) is 0 Å². The molecule has 0 aliphatic carbocycles. The molecule has 1 aliphatic heterocycles. The third kappa shape index (κ3) is 2.98. The topological polar surface area (TPSA) is 46.8 Å². The molecule has 112 valence electrons. The average Bonchev–Trinajstić information content (AvgIpc) is 2.84. The molecule has 0 bridgehead atoms. The highest BCUT2D eigenvalue weighted by Crippen LogP contribution is 2.31. The number of halogens is 3. The van der Waals surface area contributed by atoms with Crippen LogP contribution in [0, 0.1) is 12.8 Å². The molecule has 0 N–H and O–H groups in total. The number of nitrogens with zero attached hydrogens (tertiary/aromatic N) is 5. The van der Waals surface area contributed by atoms with Crippen molar-refractivity contribution in [2.24, 2.45) is 5.92 Å². The van der Waals surface area contributed by atoms with Crippen molar-refractivity contribution in [3.8, 4) is 0 Å². The number of hydrogen-bond acceptors (Lipinski definition) is 4. The standard InChI is InChI=1S/C13H14F3N5/c1-9-18-11(13(14,15)16)4-12(19-9)21-6-10(7-21)5-20-3-2-17-8-20/h2-4,8,10H,5-7H2,1H3. The van der Waals surface area contributed by atoms with E-state index in [9.17, 15) is 13.2 Å². The summed E-state index contributed by atoms with van der Waals surface area (Å²) in [5.74, 6) is 0.874. The van der Waals surface area contributed by atoms with Crippen molar-refractivity contribution < 1.29 is 13.2 Å². The van der Waals surface area contributed by atoms with Crippen LogP contribution in [0.4, 0.5) is 19.0 Å². The molecule has 3 heterocycles. The fourth-order valence-corrected chi connectivity index (χ4v) is 2.42. The summed E-state index contributed by atoms with van der Waals surface area (Å²) in [5, 5.41) is 0. The Morgan fingerprint density at radius 1 is 1.29 bits per heavy atom. The second kappa shape index (κ2) is 5.01. The first-order valence-corrected chi connectivity index (χ1v) is 6.55. The minimum absolute atomic E-state index is 0.137. The Morgan fingerprint density at radius 2 is 2.05 bits per heavy atom. The van der Waals surface area contributed by atoms with Gasteiger partial charge in [-0.2, -0.15) is 13.2 Å². The lowest BCUT2D eigenvalue weighted by atomic mass is 10.00. The van der Waals surface area contributed by atoms with Gasteiger partial charge in [0.25, 0.3) is 0 Å². The smallest absolute Gasteiger partial charge is 0.356 e. The van der Waals surface area contributed by atoms with Crippen molar-refractivity contribution in [3.05, 3.63) is 36.3 Å². The van der Waals surface area contributed by atoms with Gasteiger partial charge in [-0.05, 0) is 6.92 Å². The second-order valence-corrected chi connectivity index (χ2v) is 5.19. The summed E-state index contributed by atoms with van der Waals surface area (Å²) < 4.78 is 40.2. The molecule has 0 aromatic carbocycles. The van der Waals surface area contributed by atoms with Gasteiger partial charge in [-0.25, -0.2) is 15.0 Å². The maximum Gasteiger partial charge on any atom is 0.433 e. The Kier molecular flexibility index (Phi) is 3.30. The molecule has 3 rings (SSSR count). The van der Waals surface area contributed by atoms with Crippen LogP contribution in [0.2, 0.25) is 0 Å². The molecule has 1 saturated heterocycles. The molecule has 0 saturated carbocycles. The monoisotopic (exact) mass is 297 g/mol. The Morgan fingerprint density at radius 3 is 2.67 bits per heavy atom. The second-order valence-electron chi connectivity index (χ2n) is 5.19. The zero-order chi connectivity index (χ0) is 15.0. The Hall–Kier alpha value is -2.12. The summed E-state index contributed by atoms with van der Waals surface area (Å²) in [6.45, 7) is 3.66. The van der Waals surface area contributed by atoms with E-state index in [1.807, 2.05) is 15.7 Å². The van der Waals surface area contributed by atoms with Gasteiger partial charge in [0.15, 0.2) is 0 Å². The van der Waals surface area contributed by atoms with Gasteiger partial charge >= 0.3 is 6.18 Å². The molecule has 2 aromatic heterocycles. The van der Waals surface area contributed by atoms with E-state index < -0.39 is 11.9 Å². The normalized spacial score (nSPS) is 16.1. The Labute approximate surface area is 119 Å². The van der Waals surface area contributed by atoms with Gasteiger partial charge in [0.1, 0.15) is 17.3 Å². The van der Waals surface area contributed by atoms with E-state index in [1.165, 1.54) is 6.92 Å². The van der Waals surface area contributed by atoms with Gasteiger partial charge in [0, 0.05) is 44.0 Å².